The molecule has 1 aliphatic carbocycles. The molecule has 1 saturated carbocycles. The van der Waals surface area contributed by atoms with Gasteiger partial charge in [0.1, 0.15) is 18.1 Å². The number of ether oxygens (including phenoxy) is 2. The van der Waals surface area contributed by atoms with Crippen molar-refractivity contribution >= 4 is 5.91 Å². The van der Waals surface area contributed by atoms with Crippen LogP contribution in [0.1, 0.15) is 62.0 Å². The van der Waals surface area contributed by atoms with Crippen molar-refractivity contribution in [1.29, 1.82) is 0 Å². The predicted octanol–water partition coefficient (Wildman–Crippen LogP) is 4.85. The number of carbonyl (C=O) groups is 1. The minimum atomic E-state index is -0.0312. The molecule has 0 radical (unpaired) electrons. The number of carbonyl (C=O) groups excluding carboxylic acids is 1. The van der Waals surface area contributed by atoms with Crippen molar-refractivity contribution in [1.82, 2.24) is 5.32 Å². The first kappa shape index (κ1) is 19.3. The zero-order valence-corrected chi connectivity index (χ0v) is 16.7. The van der Waals surface area contributed by atoms with Gasteiger partial charge in [0.2, 0.25) is 0 Å². The minimum absolute atomic E-state index is 0.0312. The van der Waals surface area contributed by atoms with Crippen molar-refractivity contribution in [3.8, 4) is 11.5 Å². The van der Waals surface area contributed by atoms with E-state index in [1.807, 2.05) is 37.3 Å². The maximum Gasteiger partial charge on any atom is 0.251 e. The first-order valence-corrected chi connectivity index (χ1v) is 9.66. The third kappa shape index (κ3) is 5.25. The highest BCUT2D eigenvalue weighted by Gasteiger charge is 2.24. The molecule has 4 nitrogen and oxygen atoms in total. The van der Waals surface area contributed by atoms with E-state index in [2.05, 4.69) is 38.2 Å². The summed E-state index contributed by atoms with van der Waals surface area (Å²) >= 11 is 0. The van der Waals surface area contributed by atoms with Gasteiger partial charge in [-0.2, -0.15) is 0 Å². The molecule has 144 valence electrons. The van der Waals surface area contributed by atoms with E-state index in [1.165, 1.54) is 5.56 Å². The van der Waals surface area contributed by atoms with Crippen LogP contribution >= 0.6 is 0 Å². The summed E-state index contributed by atoms with van der Waals surface area (Å²) in [6, 6.07) is 14.0. The molecule has 0 aromatic heterocycles. The fraction of sp³-hybridized carbons (Fsp3) is 0.435. The third-order valence-electron chi connectivity index (χ3n) is 4.65. The van der Waals surface area contributed by atoms with Crippen molar-refractivity contribution in [3.05, 3.63) is 59.2 Å². The van der Waals surface area contributed by atoms with Crippen molar-refractivity contribution < 1.29 is 14.3 Å². The van der Waals surface area contributed by atoms with E-state index in [0.717, 1.165) is 29.9 Å². The molecule has 1 amide bonds. The van der Waals surface area contributed by atoms with Gasteiger partial charge >= 0.3 is 0 Å². The molecule has 1 fully saturated rings. The van der Waals surface area contributed by atoms with E-state index < -0.39 is 0 Å². The molecule has 0 aliphatic heterocycles. The summed E-state index contributed by atoms with van der Waals surface area (Å²) < 4.78 is 11.7. The second-order valence-electron chi connectivity index (χ2n) is 8.07. The Hall–Kier alpha value is -2.49. The number of nitrogens with one attached hydrogen (secondary N) is 1. The van der Waals surface area contributed by atoms with Crippen molar-refractivity contribution in [2.75, 3.05) is 6.61 Å². The van der Waals surface area contributed by atoms with Crippen molar-refractivity contribution in [2.24, 2.45) is 0 Å². The molecule has 1 N–H and O–H groups in total. The van der Waals surface area contributed by atoms with Crippen LogP contribution < -0.4 is 14.8 Å². The smallest absolute Gasteiger partial charge is 0.251 e. The zero-order chi connectivity index (χ0) is 19.4. The first-order valence-electron chi connectivity index (χ1n) is 9.66. The van der Waals surface area contributed by atoms with Crippen LogP contribution in [-0.2, 0) is 12.0 Å². The number of amides is 1. The van der Waals surface area contributed by atoms with Crippen LogP contribution in [0.3, 0.4) is 0 Å². The van der Waals surface area contributed by atoms with Crippen LogP contribution in [0.15, 0.2) is 42.5 Å². The molecule has 0 atom stereocenters. The first-order chi connectivity index (χ1) is 12.9. The molecule has 0 spiro atoms. The van der Waals surface area contributed by atoms with E-state index in [0.29, 0.717) is 24.8 Å². The van der Waals surface area contributed by atoms with Crippen LogP contribution in [0.25, 0.3) is 0 Å². The van der Waals surface area contributed by atoms with E-state index in [1.54, 1.807) is 0 Å². The van der Waals surface area contributed by atoms with Crippen LogP contribution in [0.5, 0.6) is 11.5 Å². The maximum atomic E-state index is 12.3. The van der Waals surface area contributed by atoms with Gasteiger partial charge in [-0.3, -0.25) is 4.79 Å². The standard InChI is InChI=1S/C23H29NO3/c1-5-26-21-13-6-16(22(25)24-19-9-10-19)14-17(21)15-27-20-11-7-18(8-12-20)23(2,3)4/h6-8,11-14,19H,5,9-10,15H2,1-4H3,(H,24,25). The second-order valence-corrected chi connectivity index (χ2v) is 8.07. The highest BCUT2D eigenvalue weighted by atomic mass is 16.5. The third-order valence-corrected chi connectivity index (χ3v) is 4.65. The number of benzene rings is 2. The van der Waals surface area contributed by atoms with Gasteiger partial charge in [-0.1, -0.05) is 32.9 Å². The lowest BCUT2D eigenvalue weighted by molar-refractivity contribution is 0.0951. The Balaban J connectivity index is 1.72. The average molecular weight is 367 g/mol. The van der Waals surface area contributed by atoms with Gasteiger partial charge in [-0.25, -0.2) is 0 Å². The van der Waals surface area contributed by atoms with Crippen LogP contribution in [0.2, 0.25) is 0 Å². The Labute approximate surface area is 161 Å². The molecule has 0 unspecified atom stereocenters. The van der Waals surface area contributed by atoms with Gasteiger partial charge in [-0.05, 0) is 61.1 Å². The van der Waals surface area contributed by atoms with E-state index in [4.69, 9.17) is 9.47 Å². The van der Waals surface area contributed by atoms with Crippen LogP contribution in [-0.4, -0.2) is 18.6 Å². The second kappa shape index (κ2) is 8.03. The summed E-state index contributed by atoms with van der Waals surface area (Å²) in [5, 5.41) is 3.02. The summed E-state index contributed by atoms with van der Waals surface area (Å²) in [4.78, 5) is 12.3. The zero-order valence-electron chi connectivity index (χ0n) is 16.7. The van der Waals surface area contributed by atoms with Gasteiger partial charge in [0.25, 0.3) is 5.91 Å². The quantitative estimate of drug-likeness (QED) is 0.761. The average Bonchev–Trinajstić information content (AvgIpc) is 3.44. The van der Waals surface area contributed by atoms with Crippen molar-refractivity contribution in [3.63, 3.8) is 0 Å². The molecule has 4 heteroatoms. The van der Waals surface area contributed by atoms with Gasteiger partial charge in [0.05, 0.1) is 6.61 Å². The highest BCUT2D eigenvalue weighted by Crippen LogP contribution is 2.27. The SMILES string of the molecule is CCOc1ccc(C(=O)NC2CC2)cc1COc1ccc(C(C)(C)C)cc1. The molecule has 0 heterocycles. The predicted molar refractivity (Wildman–Crippen MR) is 108 cm³/mol. The lowest BCUT2D eigenvalue weighted by atomic mass is 9.87. The van der Waals surface area contributed by atoms with Gasteiger partial charge in [-0.15, -0.1) is 0 Å². The normalized spacial score (nSPS) is 13.9. The topological polar surface area (TPSA) is 47.6 Å². The lowest BCUT2D eigenvalue weighted by Gasteiger charge is -2.19. The largest absolute Gasteiger partial charge is 0.493 e. The number of hydrogen-bond acceptors (Lipinski definition) is 3. The highest BCUT2D eigenvalue weighted by molar-refractivity contribution is 5.95. The Kier molecular flexibility index (Phi) is 5.73. The van der Waals surface area contributed by atoms with E-state index in [-0.39, 0.29) is 11.3 Å². The van der Waals surface area contributed by atoms with E-state index >= 15 is 0 Å². The summed E-state index contributed by atoms with van der Waals surface area (Å²) in [6.07, 6.45) is 2.15. The molecule has 2 aromatic rings. The van der Waals surface area contributed by atoms with Crippen LogP contribution in [0, 0.1) is 0 Å². The fourth-order valence-electron chi connectivity index (χ4n) is 2.84. The Bertz CT molecular complexity index is 786. The molecular formula is C23H29NO3. The molecule has 0 saturated heterocycles. The van der Waals surface area contributed by atoms with E-state index in [9.17, 15) is 4.79 Å². The molecule has 2 aromatic carbocycles. The monoisotopic (exact) mass is 367 g/mol. The van der Waals surface area contributed by atoms with Crippen molar-refractivity contribution in [2.45, 2.75) is 58.6 Å². The summed E-state index contributed by atoms with van der Waals surface area (Å²) in [6.45, 7) is 9.44. The number of rotatable bonds is 7. The number of hydrogen-bond donors (Lipinski definition) is 1. The minimum Gasteiger partial charge on any atom is -0.493 e. The fourth-order valence-corrected chi connectivity index (χ4v) is 2.84. The molecule has 3 rings (SSSR count). The summed E-state index contributed by atoms with van der Waals surface area (Å²) in [7, 11) is 0. The maximum absolute atomic E-state index is 12.3. The summed E-state index contributed by atoms with van der Waals surface area (Å²) in [5.74, 6) is 1.53. The van der Waals surface area contributed by atoms with Crippen LogP contribution in [0.4, 0.5) is 0 Å². The Morgan fingerprint density at radius 3 is 2.37 bits per heavy atom. The van der Waals surface area contributed by atoms with Gasteiger partial charge in [0, 0.05) is 17.2 Å². The molecule has 1 aliphatic rings. The van der Waals surface area contributed by atoms with Gasteiger partial charge < -0.3 is 14.8 Å². The summed E-state index contributed by atoms with van der Waals surface area (Å²) in [5.41, 5.74) is 2.90. The molecule has 0 bridgehead atoms. The Morgan fingerprint density at radius 1 is 1.07 bits per heavy atom. The lowest BCUT2D eigenvalue weighted by Crippen LogP contribution is -2.25. The van der Waals surface area contributed by atoms with Gasteiger partial charge in [0.15, 0.2) is 0 Å². The molecule has 27 heavy (non-hydrogen) atoms. The molecular weight excluding hydrogens is 338 g/mol. The Morgan fingerprint density at radius 2 is 1.78 bits per heavy atom.